The predicted octanol–water partition coefficient (Wildman–Crippen LogP) is 14.3. The van der Waals surface area contributed by atoms with Crippen molar-refractivity contribution in [2.24, 2.45) is 0 Å². The molecule has 0 fully saturated rings. The molecule has 584 valence electrons. The minimum Gasteiger partial charge on any atom is -0.550 e. The summed E-state index contributed by atoms with van der Waals surface area (Å²) >= 11 is 0. The standard InChI is InChI=1S/8C10H20O2.2Pb/c8*1-2-3-4-5-6-7-8-9-10(11)12;;/h8*2-9H2,1H3,(H,11,12);;/p-8. The van der Waals surface area contributed by atoms with Crippen molar-refractivity contribution in [3.63, 3.8) is 0 Å². The van der Waals surface area contributed by atoms with Gasteiger partial charge in [-0.05, 0) is 103 Å². The van der Waals surface area contributed by atoms with E-state index in [-0.39, 0.29) is 106 Å². The molecule has 16 nitrogen and oxygen atoms in total. The zero-order valence-electron chi connectivity index (χ0n) is 64.8. The number of hydrogen-bond acceptors (Lipinski definition) is 16. The van der Waals surface area contributed by atoms with Crippen molar-refractivity contribution in [2.75, 3.05) is 0 Å². The number of carbonyl (C=O) groups is 8. The monoisotopic (exact) mass is 1790 g/mol. The van der Waals surface area contributed by atoms with Crippen LogP contribution in [-0.4, -0.2) is 102 Å². The van der Waals surface area contributed by atoms with E-state index in [1.54, 1.807) is 0 Å². The van der Waals surface area contributed by atoms with Gasteiger partial charge in [-0.3, -0.25) is 0 Å². The Labute approximate surface area is 643 Å². The fourth-order valence-electron chi connectivity index (χ4n) is 9.81. The summed E-state index contributed by atoms with van der Waals surface area (Å²) in [5.74, 6) is -7.31. The number of hydrogen-bond donors (Lipinski definition) is 0. The summed E-state index contributed by atoms with van der Waals surface area (Å²) in [4.78, 5) is 80.2. The molecule has 0 N–H and O–H groups in total. The number of unbranched alkanes of at least 4 members (excludes halogenated alkanes) is 48. The first-order chi connectivity index (χ1) is 46.2. The molecule has 0 amide bonds. The summed E-state index contributed by atoms with van der Waals surface area (Å²) in [6.45, 7) is 17.5. The molecule has 0 aromatic heterocycles. The molecule has 0 rings (SSSR count). The van der Waals surface area contributed by atoms with Gasteiger partial charge in [0.15, 0.2) is 0 Å². The van der Waals surface area contributed by atoms with Crippen LogP contribution < -0.4 is 40.9 Å². The van der Waals surface area contributed by atoms with E-state index in [1.807, 2.05) is 0 Å². The Kier molecular flexibility index (Phi) is 135. The van der Waals surface area contributed by atoms with Gasteiger partial charge >= 0.3 is 0 Å². The van der Waals surface area contributed by atoms with Crippen molar-refractivity contribution in [1.29, 1.82) is 0 Å². The number of carboxylic acids is 8. The summed E-state index contributed by atoms with van der Waals surface area (Å²) < 4.78 is 0. The maximum Gasteiger partial charge on any atom is 0.0414 e. The molecule has 0 aliphatic rings. The topological polar surface area (TPSA) is 321 Å². The fourth-order valence-corrected chi connectivity index (χ4v) is 9.81. The molecule has 8 radical (unpaired) electrons. The van der Waals surface area contributed by atoms with Gasteiger partial charge in [-0.2, -0.15) is 0 Å². The normalized spacial score (nSPS) is 9.88. The first-order valence-electron chi connectivity index (χ1n) is 39.8. The van der Waals surface area contributed by atoms with E-state index in [1.165, 1.54) is 257 Å². The van der Waals surface area contributed by atoms with Gasteiger partial charge in [0, 0.05) is 102 Å². The molecular weight excluding hydrogens is 1630 g/mol. The van der Waals surface area contributed by atoms with E-state index in [0.29, 0.717) is 0 Å². The Morgan fingerprint density at radius 1 is 0.133 bits per heavy atom. The largest absolute Gasteiger partial charge is 0.550 e. The van der Waals surface area contributed by atoms with Crippen molar-refractivity contribution < 1.29 is 79.2 Å². The zero-order chi connectivity index (χ0) is 73.9. The second-order valence-corrected chi connectivity index (χ2v) is 25.9. The fraction of sp³-hybridized carbons (Fsp3) is 0.900. The van der Waals surface area contributed by atoms with Crippen LogP contribution in [0.15, 0.2) is 0 Å². The quantitative estimate of drug-likeness (QED) is 0.0403. The molecule has 18 heteroatoms. The smallest absolute Gasteiger partial charge is 0.0414 e. The average molecular weight is 1780 g/mol. The summed E-state index contributed by atoms with van der Waals surface area (Å²) in [5.41, 5.74) is 0. The van der Waals surface area contributed by atoms with Gasteiger partial charge in [0.05, 0.1) is 0 Å². The zero-order valence-corrected chi connectivity index (χ0v) is 72.6. The van der Waals surface area contributed by atoms with Gasteiger partial charge in [-0.1, -0.05) is 364 Å². The van der Waals surface area contributed by atoms with Crippen LogP contribution in [0.4, 0.5) is 0 Å². The number of carbonyl (C=O) groups excluding carboxylic acids is 8. The molecule has 0 atom stereocenters. The average Bonchev–Trinajstić information content (AvgIpc) is 3.56. The van der Waals surface area contributed by atoms with Crippen LogP contribution in [0.3, 0.4) is 0 Å². The first kappa shape index (κ1) is 117. The summed E-state index contributed by atoms with van der Waals surface area (Å²) in [6.07, 6.45) is 66.7. The third-order valence-corrected chi connectivity index (χ3v) is 15.9. The molecule has 0 aliphatic heterocycles. The van der Waals surface area contributed by atoms with Gasteiger partial charge in [0.1, 0.15) is 0 Å². The van der Waals surface area contributed by atoms with Crippen LogP contribution in [-0.2, 0) is 38.4 Å². The molecule has 0 unspecified atom stereocenters. The van der Waals surface area contributed by atoms with E-state index >= 15 is 0 Å². The van der Waals surface area contributed by atoms with Crippen LogP contribution in [0.5, 0.6) is 0 Å². The third kappa shape index (κ3) is 166. The molecule has 0 heterocycles. The van der Waals surface area contributed by atoms with Crippen LogP contribution in [0, 0.1) is 0 Å². The summed E-state index contributed by atoms with van der Waals surface area (Å²) in [6, 6.07) is 0. The van der Waals surface area contributed by atoms with Crippen LogP contribution in [0.1, 0.15) is 466 Å². The van der Waals surface area contributed by atoms with Gasteiger partial charge in [-0.25, -0.2) is 0 Å². The van der Waals surface area contributed by atoms with Crippen LogP contribution in [0.2, 0.25) is 0 Å². The van der Waals surface area contributed by atoms with Gasteiger partial charge in [0.25, 0.3) is 0 Å². The number of carboxylic acid groups (broad SMARTS) is 8. The van der Waals surface area contributed by atoms with Crippen LogP contribution in [0.25, 0.3) is 0 Å². The van der Waals surface area contributed by atoms with E-state index in [0.717, 1.165) is 103 Å². The molecular formula is C80H152O16Pb2-8. The Bertz CT molecular complexity index is 1230. The van der Waals surface area contributed by atoms with Crippen molar-refractivity contribution in [3.8, 4) is 0 Å². The number of rotatable bonds is 64. The third-order valence-electron chi connectivity index (χ3n) is 15.9. The van der Waals surface area contributed by atoms with Gasteiger partial charge < -0.3 is 79.2 Å². The molecule has 0 saturated carbocycles. The van der Waals surface area contributed by atoms with Crippen molar-refractivity contribution in [3.05, 3.63) is 0 Å². The molecule has 0 saturated heterocycles. The maximum atomic E-state index is 10.0. The Morgan fingerprint density at radius 2 is 0.194 bits per heavy atom. The van der Waals surface area contributed by atoms with E-state index in [9.17, 15) is 79.2 Å². The van der Waals surface area contributed by atoms with Crippen LogP contribution >= 0.6 is 0 Å². The maximum absolute atomic E-state index is 10.0. The Hall–Kier alpha value is -2.40. The molecule has 0 aliphatic carbocycles. The molecule has 98 heavy (non-hydrogen) atoms. The molecule has 0 spiro atoms. The second-order valence-electron chi connectivity index (χ2n) is 25.9. The molecule has 0 aromatic rings. The molecule has 0 aromatic carbocycles. The van der Waals surface area contributed by atoms with Crippen molar-refractivity contribution in [1.82, 2.24) is 0 Å². The predicted molar refractivity (Wildman–Crippen MR) is 392 cm³/mol. The SMILES string of the molecule is CCCCCCCCCC(=O)[O-].CCCCCCCCCC(=O)[O-].CCCCCCCCCC(=O)[O-].CCCCCCCCCC(=O)[O-].CCCCCCCCCC(=O)[O-].CCCCCCCCCC(=O)[O-].CCCCCCCCCC(=O)[O-].CCCCCCCCCC(=O)[O-].[Pb].[Pb]. The minimum absolute atomic E-state index is 0. The van der Waals surface area contributed by atoms with Gasteiger partial charge in [0.2, 0.25) is 0 Å². The van der Waals surface area contributed by atoms with E-state index < -0.39 is 47.8 Å². The van der Waals surface area contributed by atoms with Crippen molar-refractivity contribution >= 4 is 102 Å². The second kappa shape index (κ2) is 113. The number of aliphatic carboxylic acids is 8. The Balaban J connectivity index is -0.000000113. The minimum atomic E-state index is -0.913. The summed E-state index contributed by atoms with van der Waals surface area (Å²) in [5, 5.41) is 80.2. The van der Waals surface area contributed by atoms with E-state index in [2.05, 4.69) is 55.4 Å². The first-order valence-corrected chi connectivity index (χ1v) is 39.8. The Morgan fingerprint density at radius 3 is 0.255 bits per heavy atom. The van der Waals surface area contributed by atoms with Crippen molar-refractivity contribution in [2.45, 2.75) is 466 Å². The van der Waals surface area contributed by atoms with E-state index in [4.69, 9.17) is 0 Å². The summed E-state index contributed by atoms with van der Waals surface area (Å²) in [7, 11) is 0. The van der Waals surface area contributed by atoms with Gasteiger partial charge in [-0.15, -0.1) is 0 Å². The molecule has 0 bridgehead atoms.